The number of benzene rings is 1. The van der Waals surface area contributed by atoms with Crippen LogP contribution >= 0.6 is 11.3 Å². The van der Waals surface area contributed by atoms with Gasteiger partial charge < -0.3 is 10.5 Å². The quantitative estimate of drug-likeness (QED) is 0.686. The van der Waals surface area contributed by atoms with Crippen LogP contribution in [0.4, 0.5) is 0 Å². The van der Waals surface area contributed by atoms with Crippen LogP contribution in [0.2, 0.25) is 0 Å². The Kier molecular flexibility index (Phi) is 3.38. The van der Waals surface area contributed by atoms with Gasteiger partial charge in [-0.25, -0.2) is 0 Å². The second-order valence-electron chi connectivity index (χ2n) is 4.93. The van der Waals surface area contributed by atoms with Crippen LogP contribution in [0.3, 0.4) is 0 Å². The highest BCUT2D eigenvalue weighted by Gasteiger charge is 2.25. The Balaban J connectivity index is 1.62. The van der Waals surface area contributed by atoms with Crippen molar-refractivity contribution < 1.29 is 9.52 Å². The van der Waals surface area contributed by atoms with Gasteiger partial charge >= 0.3 is 0 Å². The molecule has 3 rings (SSSR count). The first-order valence-corrected chi connectivity index (χ1v) is 7.45. The molecule has 0 atom stereocenters. The molecule has 0 unspecified atom stereocenters. The van der Waals surface area contributed by atoms with Gasteiger partial charge in [0, 0.05) is 18.5 Å². The van der Waals surface area contributed by atoms with Gasteiger partial charge in [0.15, 0.2) is 0 Å². The fraction of sp³-hybridized carbons (Fsp3) is 0.429. The molecule has 1 aromatic heterocycles. The molecule has 0 spiro atoms. The van der Waals surface area contributed by atoms with Crippen molar-refractivity contribution in [3.63, 3.8) is 0 Å². The zero-order chi connectivity index (χ0) is 13.2. The van der Waals surface area contributed by atoms with Crippen LogP contribution in [0.1, 0.15) is 24.3 Å². The summed E-state index contributed by atoms with van der Waals surface area (Å²) in [6, 6.07) is 7.58. The lowest BCUT2D eigenvalue weighted by Crippen LogP contribution is -2.37. The van der Waals surface area contributed by atoms with Gasteiger partial charge in [-0.3, -0.25) is 4.79 Å². The maximum atomic E-state index is 12.0. The number of para-hydroxylation sites is 1. The molecule has 1 aliphatic rings. The van der Waals surface area contributed by atoms with E-state index in [1.807, 2.05) is 24.3 Å². The van der Waals surface area contributed by atoms with E-state index in [0.717, 1.165) is 33.7 Å². The Morgan fingerprint density at radius 1 is 1.42 bits per heavy atom. The van der Waals surface area contributed by atoms with E-state index >= 15 is 0 Å². The molecule has 19 heavy (non-hydrogen) atoms. The Morgan fingerprint density at radius 3 is 2.89 bits per heavy atom. The summed E-state index contributed by atoms with van der Waals surface area (Å²) >= 11 is 1.50. The third kappa shape index (κ3) is 2.42. The van der Waals surface area contributed by atoms with Gasteiger partial charge in [-0.05, 0) is 18.9 Å². The second kappa shape index (κ2) is 5.17. The molecule has 1 N–H and O–H groups in total. The van der Waals surface area contributed by atoms with Crippen LogP contribution in [-0.2, 0) is 11.2 Å². The van der Waals surface area contributed by atoms with Crippen molar-refractivity contribution >= 4 is 27.5 Å². The van der Waals surface area contributed by atoms with Crippen molar-refractivity contribution in [1.29, 1.82) is 0 Å². The van der Waals surface area contributed by atoms with Gasteiger partial charge in [-0.15, -0.1) is 0 Å². The maximum Gasteiger partial charge on any atom is 0.251 e. The average molecular weight is 276 g/mol. The zero-order valence-corrected chi connectivity index (χ0v) is 11.4. The lowest BCUT2D eigenvalue weighted by Gasteiger charge is -2.23. The van der Waals surface area contributed by atoms with E-state index in [2.05, 4.69) is 5.32 Å². The van der Waals surface area contributed by atoms with Crippen LogP contribution in [0.25, 0.3) is 10.2 Å². The van der Waals surface area contributed by atoms with Crippen LogP contribution < -0.4 is 10.0 Å². The summed E-state index contributed by atoms with van der Waals surface area (Å²) in [5.41, 5.74) is 0.716. The highest BCUT2D eigenvalue weighted by molar-refractivity contribution is 7.18. The lowest BCUT2D eigenvalue weighted by atomic mass is 9.85. The minimum Gasteiger partial charge on any atom is -0.617 e. The Bertz CT molecular complexity index is 605. The molecule has 1 heterocycles. The van der Waals surface area contributed by atoms with Crippen molar-refractivity contribution in [3.05, 3.63) is 34.5 Å². The van der Waals surface area contributed by atoms with E-state index in [1.165, 1.54) is 11.3 Å². The highest BCUT2D eigenvalue weighted by Crippen LogP contribution is 2.26. The van der Waals surface area contributed by atoms with Crippen LogP contribution in [-0.4, -0.2) is 12.5 Å². The summed E-state index contributed by atoms with van der Waals surface area (Å²) < 4.78 is 1.98. The predicted molar refractivity (Wildman–Crippen MR) is 74.8 cm³/mol. The zero-order valence-electron chi connectivity index (χ0n) is 10.6. The monoisotopic (exact) mass is 276 g/mol. The number of hydrogen-bond acceptors (Lipinski definition) is 3. The van der Waals surface area contributed by atoms with Crippen molar-refractivity contribution in [2.75, 3.05) is 6.54 Å². The molecule has 100 valence electrons. The number of nitrogens with zero attached hydrogens (tertiary/aromatic N) is 1. The normalized spacial score (nSPS) is 15.4. The van der Waals surface area contributed by atoms with E-state index in [1.54, 1.807) is 0 Å². The second-order valence-corrected chi connectivity index (χ2v) is 6.04. The number of aromatic nitrogens is 1. The summed E-state index contributed by atoms with van der Waals surface area (Å²) in [5, 5.41) is 15.7. The highest BCUT2D eigenvalue weighted by atomic mass is 32.1. The Labute approximate surface area is 115 Å². The topological polar surface area (TPSA) is 56.0 Å². The summed E-state index contributed by atoms with van der Waals surface area (Å²) in [6.45, 7) is 0.546. The third-order valence-electron chi connectivity index (χ3n) is 3.65. The number of rotatable bonds is 4. The number of nitrogens with one attached hydrogen (secondary N) is 1. The largest absolute Gasteiger partial charge is 0.617 e. The molecule has 0 radical (unpaired) electrons. The molecule has 1 aliphatic carbocycles. The summed E-state index contributed by atoms with van der Waals surface area (Å²) in [5.74, 6) is 0.353. The lowest BCUT2D eigenvalue weighted by molar-refractivity contribution is -0.580. The van der Waals surface area contributed by atoms with Crippen molar-refractivity contribution in [1.82, 2.24) is 5.32 Å². The minimum absolute atomic E-state index is 0.143. The molecular formula is C14H16N2O2S. The Morgan fingerprint density at radius 2 is 2.21 bits per heavy atom. The molecule has 4 nitrogen and oxygen atoms in total. The first-order valence-electron chi connectivity index (χ1n) is 6.63. The first kappa shape index (κ1) is 12.4. The molecule has 0 bridgehead atoms. The SMILES string of the molecule is O=C(NCCc1sc2ccccc2[n+]1[O-])C1CCC1. The molecule has 0 saturated heterocycles. The Hall–Kier alpha value is -1.62. The maximum absolute atomic E-state index is 12.0. The molecule has 1 saturated carbocycles. The van der Waals surface area contributed by atoms with E-state index in [4.69, 9.17) is 0 Å². The molecule has 1 amide bonds. The smallest absolute Gasteiger partial charge is 0.251 e. The van der Waals surface area contributed by atoms with Crippen LogP contribution in [0, 0.1) is 11.1 Å². The van der Waals surface area contributed by atoms with Crippen molar-refractivity contribution in [2.24, 2.45) is 5.92 Å². The van der Waals surface area contributed by atoms with Crippen LogP contribution in [0.5, 0.6) is 0 Å². The van der Waals surface area contributed by atoms with E-state index < -0.39 is 0 Å². The molecule has 5 heteroatoms. The van der Waals surface area contributed by atoms with Gasteiger partial charge in [-0.1, -0.05) is 29.9 Å². The third-order valence-corrected chi connectivity index (χ3v) is 4.82. The van der Waals surface area contributed by atoms with E-state index in [9.17, 15) is 10.0 Å². The number of carbonyl (C=O) groups is 1. The molecule has 1 fully saturated rings. The number of hydrogen-bond donors (Lipinski definition) is 1. The van der Waals surface area contributed by atoms with Crippen molar-refractivity contribution in [2.45, 2.75) is 25.7 Å². The average Bonchev–Trinajstić information content (AvgIpc) is 2.65. The molecule has 0 aliphatic heterocycles. The number of carbonyl (C=O) groups excluding carboxylic acids is 1. The molecule has 1 aromatic carbocycles. The van der Waals surface area contributed by atoms with Gasteiger partial charge in [0.05, 0.1) is 6.42 Å². The number of fused-ring (bicyclic) bond motifs is 1. The summed E-state index contributed by atoms with van der Waals surface area (Å²) in [4.78, 5) is 11.7. The molecule has 2 aromatic rings. The van der Waals surface area contributed by atoms with E-state index in [-0.39, 0.29) is 11.8 Å². The van der Waals surface area contributed by atoms with Gasteiger partial charge in [0.2, 0.25) is 11.4 Å². The predicted octanol–water partition coefficient (Wildman–Crippen LogP) is 1.99. The first-order chi connectivity index (χ1) is 9.25. The fourth-order valence-corrected chi connectivity index (χ4v) is 3.32. The number of thiazole rings is 1. The summed E-state index contributed by atoms with van der Waals surface area (Å²) in [7, 11) is 0. The van der Waals surface area contributed by atoms with Gasteiger partial charge in [0.25, 0.3) is 5.01 Å². The minimum atomic E-state index is 0.143. The number of amides is 1. The van der Waals surface area contributed by atoms with Gasteiger partial charge in [-0.2, -0.15) is 4.73 Å². The molecular weight excluding hydrogens is 260 g/mol. The fourth-order valence-electron chi connectivity index (χ4n) is 2.27. The van der Waals surface area contributed by atoms with Crippen molar-refractivity contribution in [3.8, 4) is 0 Å². The summed E-state index contributed by atoms with van der Waals surface area (Å²) in [6.07, 6.45) is 3.78. The standard InChI is InChI=1S/C14H16N2O2S/c17-14(10-4-3-5-10)15-9-8-13-16(18)11-6-1-2-7-12(11)19-13/h1-2,6-7,10H,3-5,8-9H2,(H,15,17). The van der Waals surface area contributed by atoms with Gasteiger partial charge in [0.1, 0.15) is 4.70 Å². The van der Waals surface area contributed by atoms with Crippen LogP contribution in [0.15, 0.2) is 24.3 Å². The van der Waals surface area contributed by atoms with E-state index in [0.29, 0.717) is 18.5 Å².